The SMILES string of the molecule is COc1cc(/C=C\c2cc[n+](CCCCC(=O)O)cc2)ccc1O.[Cl-]. The van der Waals surface area contributed by atoms with Crippen LogP contribution >= 0.6 is 0 Å². The molecule has 0 spiro atoms. The van der Waals surface area contributed by atoms with Crippen LogP contribution in [0.3, 0.4) is 0 Å². The molecule has 0 radical (unpaired) electrons. The number of rotatable bonds is 8. The Bertz CT molecular complexity index is 714. The van der Waals surface area contributed by atoms with E-state index in [1.54, 1.807) is 12.1 Å². The van der Waals surface area contributed by atoms with E-state index in [0.29, 0.717) is 12.2 Å². The van der Waals surface area contributed by atoms with Gasteiger partial charge in [-0.05, 0) is 29.7 Å². The predicted molar refractivity (Wildman–Crippen MR) is 91.7 cm³/mol. The quantitative estimate of drug-likeness (QED) is 0.516. The van der Waals surface area contributed by atoms with Crippen LogP contribution in [-0.4, -0.2) is 23.3 Å². The number of hydrogen-bond donors (Lipinski definition) is 2. The van der Waals surface area contributed by atoms with Crippen LogP contribution in [0.5, 0.6) is 11.5 Å². The standard InChI is InChI=1S/C19H21NO4.ClH/c1-24-18-14-16(7-8-17(18)21)6-5-15-9-12-20(13-10-15)11-3-2-4-19(22)23;/h5-10,12-14H,2-4,11H2,1H3,(H,22,23);1H. The molecule has 0 saturated carbocycles. The molecule has 2 N–H and O–H groups in total. The van der Waals surface area contributed by atoms with Gasteiger partial charge in [0.1, 0.15) is 6.54 Å². The summed E-state index contributed by atoms with van der Waals surface area (Å²) in [6.07, 6.45) is 9.66. The topological polar surface area (TPSA) is 70.6 Å². The Balaban J connectivity index is 0.00000312. The number of phenols is 1. The van der Waals surface area contributed by atoms with Gasteiger partial charge in [0, 0.05) is 25.0 Å². The van der Waals surface area contributed by atoms with Crippen molar-refractivity contribution in [1.29, 1.82) is 0 Å². The predicted octanol–water partition coefficient (Wildman–Crippen LogP) is 0.118. The molecule has 1 aromatic heterocycles. The number of aliphatic carboxylic acids is 1. The monoisotopic (exact) mass is 363 g/mol. The van der Waals surface area contributed by atoms with Crippen LogP contribution in [-0.2, 0) is 11.3 Å². The van der Waals surface area contributed by atoms with E-state index in [-0.39, 0.29) is 24.6 Å². The zero-order valence-corrected chi connectivity index (χ0v) is 14.8. The van der Waals surface area contributed by atoms with Gasteiger partial charge in [0.2, 0.25) is 0 Å². The van der Waals surface area contributed by atoms with E-state index in [0.717, 1.165) is 24.1 Å². The maximum atomic E-state index is 10.5. The highest BCUT2D eigenvalue weighted by atomic mass is 35.5. The van der Waals surface area contributed by atoms with Gasteiger partial charge >= 0.3 is 5.97 Å². The summed E-state index contributed by atoms with van der Waals surface area (Å²) in [5, 5.41) is 18.2. The summed E-state index contributed by atoms with van der Waals surface area (Å²) in [6.45, 7) is 0.812. The largest absolute Gasteiger partial charge is 1.00 e. The van der Waals surface area contributed by atoms with Crippen LogP contribution in [0.4, 0.5) is 0 Å². The molecule has 0 unspecified atom stereocenters. The van der Waals surface area contributed by atoms with Gasteiger partial charge in [0.25, 0.3) is 0 Å². The molecule has 6 heteroatoms. The number of carbonyl (C=O) groups is 1. The molecule has 25 heavy (non-hydrogen) atoms. The lowest BCUT2D eigenvalue weighted by Crippen LogP contribution is -3.00. The average Bonchev–Trinajstić information content (AvgIpc) is 2.59. The third kappa shape index (κ3) is 6.85. The van der Waals surface area contributed by atoms with Crippen molar-refractivity contribution >= 4 is 18.1 Å². The van der Waals surface area contributed by atoms with E-state index in [2.05, 4.69) is 0 Å². The van der Waals surface area contributed by atoms with Gasteiger partial charge in [-0.25, -0.2) is 4.57 Å². The molecule has 0 aliphatic rings. The molecule has 0 atom stereocenters. The van der Waals surface area contributed by atoms with Gasteiger partial charge in [-0.15, -0.1) is 0 Å². The maximum Gasteiger partial charge on any atom is 0.303 e. The lowest BCUT2D eigenvalue weighted by Gasteiger charge is -2.03. The van der Waals surface area contributed by atoms with Crippen molar-refractivity contribution in [2.75, 3.05) is 7.11 Å². The number of aromatic nitrogens is 1. The highest BCUT2D eigenvalue weighted by Gasteiger charge is 2.03. The second-order valence-electron chi connectivity index (χ2n) is 5.48. The number of nitrogens with zero attached hydrogens (tertiary/aromatic N) is 1. The van der Waals surface area contributed by atoms with Crippen LogP contribution in [0, 0.1) is 0 Å². The third-order valence-electron chi connectivity index (χ3n) is 3.65. The summed E-state index contributed by atoms with van der Waals surface area (Å²) in [6, 6.07) is 9.21. The molecule has 1 aromatic carbocycles. The normalized spacial score (nSPS) is 10.4. The molecule has 0 fully saturated rings. The zero-order chi connectivity index (χ0) is 17.4. The number of carboxylic acids is 1. The number of ether oxygens (including phenoxy) is 1. The van der Waals surface area contributed by atoms with E-state index in [1.807, 2.05) is 47.3 Å². The van der Waals surface area contributed by atoms with Gasteiger partial charge in [0.05, 0.1) is 7.11 Å². The summed E-state index contributed by atoms with van der Waals surface area (Å²) >= 11 is 0. The highest BCUT2D eigenvalue weighted by Crippen LogP contribution is 2.26. The second kappa shape index (κ2) is 10.4. The van der Waals surface area contributed by atoms with Gasteiger partial charge in [-0.1, -0.05) is 18.2 Å². The molecule has 134 valence electrons. The van der Waals surface area contributed by atoms with Crippen molar-refractivity contribution in [2.24, 2.45) is 0 Å². The van der Waals surface area contributed by atoms with E-state index in [1.165, 1.54) is 7.11 Å². The number of aryl methyl sites for hydroxylation is 1. The molecule has 0 bridgehead atoms. The number of unbranched alkanes of at least 4 members (excludes halogenated alkanes) is 1. The number of aromatic hydroxyl groups is 1. The highest BCUT2D eigenvalue weighted by molar-refractivity contribution is 5.70. The molecule has 2 rings (SSSR count). The zero-order valence-electron chi connectivity index (χ0n) is 14.1. The van der Waals surface area contributed by atoms with Crippen LogP contribution in [0.1, 0.15) is 30.4 Å². The van der Waals surface area contributed by atoms with Crippen molar-refractivity contribution in [3.8, 4) is 11.5 Å². The Morgan fingerprint density at radius 3 is 2.44 bits per heavy atom. The molecule has 5 nitrogen and oxygen atoms in total. The first-order valence-electron chi connectivity index (χ1n) is 7.84. The fourth-order valence-electron chi connectivity index (χ4n) is 2.29. The summed E-state index contributed by atoms with van der Waals surface area (Å²) < 4.78 is 7.14. The van der Waals surface area contributed by atoms with Crippen molar-refractivity contribution in [2.45, 2.75) is 25.8 Å². The lowest BCUT2D eigenvalue weighted by molar-refractivity contribution is -0.697. The Morgan fingerprint density at radius 2 is 1.80 bits per heavy atom. The number of carboxylic acid groups (broad SMARTS) is 1. The van der Waals surface area contributed by atoms with Crippen molar-refractivity contribution in [1.82, 2.24) is 0 Å². The van der Waals surface area contributed by atoms with Crippen LogP contribution < -0.4 is 21.7 Å². The van der Waals surface area contributed by atoms with E-state index in [4.69, 9.17) is 9.84 Å². The van der Waals surface area contributed by atoms with Gasteiger partial charge in [0.15, 0.2) is 23.9 Å². The van der Waals surface area contributed by atoms with Crippen LogP contribution in [0.15, 0.2) is 42.7 Å². The van der Waals surface area contributed by atoms with Crippen molar-refractivity contribution in [3.05, 3.63) is 53.9 Å². The van der Waals surface area contributed by atoms with E-state index in [9.17, 15) is 9.90 Å². The van der Waals surface area contributed by atoms with Gasteiger partial charge < -0.3 is 27.4 Å². The average molecular weight is 364 g/mol. The molecular weight excluding hydrogens is 342 g/mol. The number of phenolic OH excluding ortho intramolecular Hbond substituents is 1. The molecule has 0 aliphatic heterocycles. The number of hydrogen-bond acceptors (Lipinski definition) is 3. The van der Waals surface area contributed by atoms with Gasteiger partial charge in [-0.2, -0.15) is 0 Å². The third-order valence-corrected chi connectivity index (χ3v) is 3.65. The van der Waals surface area contributed by atoms with Gasteiger partial charge in [-0.3, -0.25) is 4.79 Å². The van der Waals surface area contributed by atoms with E-state index < -0.39 is 5.97 Å². The Hall–Kier alpha value is -2.53. The Morgan fingerprint density at radius 1 is 1.12 bits per heavy atom. The van der Waals surface area contributed by atoms with Crippen molar-refractivity contribution in [3.63, 3.8) is 0 Å². The molecule has 0 aliphatic carbocycles. The number of methoxy groups -OCH3 is 1. The minimum absolute atomic E-state index is 0. The fourth-order valence-corrected chi connectivity index (χ4v) is 2.29. The number of benzene rings is 1. The number of pyridine rings is 1. The summed E-state index contributed by atoms with van der Waals surface area (Å²) in [7, 11) is 1.52. The minimum atomic E-state index is -0.744. The first-order valence-corrected chi connectivity index (χ1v) is 7.84. The molecule has 2 aromatic rings. The fraction of sp³-hybridized carbons (Fsp3) is 0.263. The van der Waals surface area contributed by atoms with Crippen LogP contribution in [0.25, 0.3) is 12.2 Å². The Labute approximate surface area is 153 Å². The Kier molecular flexibility index (Phi) is 8.50. The summed E-state index contributed by atoms with van der Waals surface area (Å²) in [4.78, 5) is 10.5. The minimum Gasteiger partial charge on any atom is -1.00 e. The lowest BCUT2D eigenvalue weighted by atomic mass is 10.1. The first-order chi connectivity index (χ1) is 11.6. The molecular formula is C19H22ClNO4. The van der Waals surface area contributed by atoms with E-state index >= 15 is 0 Å². The molecule has 0 amide bonds. The van der Waals surface area contributed by atoms with Crippen LogP contribution in [0.2, 0.25) is 0 Å². The number of halogens is 1. The second-order valence-corrected chi connectivity index (χ2v) is 5.48. The smallest absolute Gasteiger partial charge is 0.303 e. The first kappa shape index (κ1) is 20.5. The summed E-state index contributed by atoms with van der Waals surface area (Å²) in [5.74, 6) is -0.172. The maximum absolute atomic E-state index is 10.5. The summed E-state index contributed by atoms with van der Waals surface area (Å²) in [5.41, 5.74) is 2.00. The van der Waals surface area contributed by atoms with Crippen molar-refractivity contribution < 1.29 is 36.7 Å². The molecule has 0 saturated heterocycles. The molecule has 1 heterocycles.